The van der Waals surface area contributed by atoms with Crippen LogP contribution in [0.15, 0.2) is 41.2 Å². The van der Waals surface area contributed by atoms with Crippen LogP contribution in [0.4, 0.5) is 0 Å². The quantitative estimate of drug-likeness (QED) is 0.743. The lowest BCUT2D eigenvalue weighted by atomic mass is 10.1. The number of hydrogen-bond donors (Lipinski definition) is 0. The molecular weight excluding hydrogens is 280 g/mol. The molecule has 0 fully saturated rings. The lowest BCUT2D eigenvalue weighted by molar-refractivity contribution is 0.00330. The van der Waals surface area contributed by atoms with E-state index in [2.05, 4.69) is 31.8 Å². The summed E-state index contributed by atoms with van der Waals surface area (Å²) < 4.78 is 13.4. The number of fused-ring (bicyclic) bond motifs is 1. The Balaban J connectivity index is 1.62. The van der Waals surface area contributed by atoms with Crippen molar-refractivity contribution in [2.75, 3.05) is 0 Å². The third-order valence-corrected chi connectivity index (χ3v) is 3.89. The first-order valence-electron chi connectivity index (χ1n) is 7.38. The van der Waals surface area contributed by atoms with Gasteiger partial charge in [-0.1, -0.05) is 42.4 Å². The Labute approximate surface area is 127 Å². The van der Waals surface area contributed by atoms with Crippen LogP contribution in [0.3, 0.4) is 0 Å². The molecule has 0 spiro atoms. The van der Waals surface area contributed by atoms with Crippen LogP contribution in [0, 0.1) is 0 Å². The smallest absolute Gasteiger partial charge is 0.278 e. The molecule has 3 heterocycles. The van der Waals surface area contributed by atoms with E-state index in [1.807, 2.05) is 31.5 Å². The zero-order chi connectivity index (χ0) is 14.9. The molecule has 4 rings (SSSR count). The number of nitrogens with zero attached hydrogens (tertiary/aromatic N) is 4. The Morgan fingerprint density at radius 1 is 1.27 bits per heavy atom. The standard InChI is InChI=1S/C16H16N4O2/c1-2-14-18-16(22-19-14)15-12-9-21-13(8-20(12)10-17-15)11-6-4-3-5-7-11/h3-7,10,13H,2,8-9H2,1H3. The van der Waals surface area contributed by atoms with Crippen molar-refractivity contribution < 1.29 is 9.26 Å². The largest absolute Gasteiger partial charge is 0.365 e. The van der Waals surface area contributed by atoms with Crippen molar-refractivity contribution in [1.29, 1.82) is 0 Å². The van der Waals surface area contributed by atoms with Gasteiger partial charge in [-0.05, 0) is 5.56 Å². The number of benzene rings is 1. The second-order valence-corrected chi connectivity index (χ2v) is 5.27. The van der Waals surface area contributed by atoms with Gasteiger partial charge in [0.15, 0.2) is 11.5 Å². The van der Waals surface area contributed by atoms with Gasteiger partial charge in [0.25, 0.3) is 5.89 Å². The van der Waals surface area contributed by atoms with E-state index in [1.165, 1.54) is 5.56 Å². The van der Waals surface area contributed by atoms with Gasteiger partial charge in [0.1, 0.15) is 6.10 Å². The molecule has 0 aliphatic carbocycles. The maximum absolute atomic E-state index is 5.99. The van der Waals surface area contributed by atoms with Crippen molar-refractivity contribution in [3.8, 4) is 11.6 Å². The lowest BCUT2D eigenvalue weighted by Crippen LogP contribution is -2.20. The summed E-state index contributed by atoms with van der Waals surface area (Å²) >= 11 is 0. The SMILES string of the molecule is CCc1noc(-c2ncn3c2COC(c2ccccc2)C3)n1. The Morgan fingerprint density at radius 3 is 2.91 bits per heavy atom. The first-order chi connectivity index (χ1) is 10.8. The van der Waals surface area contributed by atoms with Gasteiger partial charge in [0.05, 0.1) is 25.2 Å². The fourth-order valence-corrected chi connectivity index (χ4v) is 2.67. The zero-order valence-corrected chi connectivity index (χ0v) is 12.3. The summed E-state index contributed by atoms with van der Waals surface area (Å²) in [5, 5.41) is 3.93. The predicted octanol–water partition coefficient (Wildman–Crippen LogP) is 2.77. The monoisotopic (exact) mass is 296 g/mol. The highest BCUT2D eigenvalue weighted by Crippen LogP contribution is 2.30. The first kappa shape index (κ1) is 13.2. The van der Waals surface area contributed by atoms with E-state index in [0.29, 0.717) is 18.3 Å². The topological polar surface area (TPSA) is 66.0 Å². The number of imidazole rings is 1. The van der Waals surface area contributed by atoms with Gasteiger partial charge >= 0.3 is 0 Å². The minimum atomic E-state index is 0.0460. The Bertz CT molecular complexity index is 779. The molecule has 112 valence electrons. The van der Waals surface area contributed by atoms with Crippen molar-refractivity contribution in [2.24, 2.45) is 0 Å². The maximum Gasteiger partial charge on any atom is 0.278 e. The second-order valence-electron chi connectivity index (χ2n) is 5.27. The molecule has 1 aromatic carbocycles. The van der Waals surface area contributed by atoms with E-state index in [9.17, 15) is 0 Å². The van der Waals surface area contributed by atoms with Gasteiger partial charge in [-0.25, -0.2) is 4.98 Å². The van der Waals surface area contributed by atoms with Crippen molar-refractivity contribution in [2.45, 2.75) is 32.6 Å². The van der Waals surface area contributed by atoms with E-state index < -0.39 is 0 Å². The molecule has 1 aliphatic rings. The molecule has 0 N–H and O–H groups in total. The predicted molar refractivity (Wildman–Crippen MR) is 78.9 cm³/mol. The maximum atomic E-state index is 5.99. The molecule has 1 unspecified atom stereocenters. The third kappa shape index (κ3) is 2.21. The van der Waals surface area contributed by atoms with Gasteiger partial charge < -0.3 is 13.8 Å². The summed E-state index contributed by atoms with van der Waals surface area (Å²) in [6, 6.07) is 10.2. The molecule has 3 aromatic rings. The Morgan fingerprint density at radius 2 is 2.14 bits per heavy atom. The van der Waals surface area contributed by atoms with Gasteiger partial charge in [-0.2, -0.15) is 4.98 Å². The van der Waals surface area contributed by atoms with E-state index in [1.54, 1.807) is 0 Å². The third-order valence-electron chi connectivity index (χ3n) is 3.89. The molecule has 0 bridgehead atoms. The van der Waals surface area contributed by atoms with E-state index >= 15 is 0 Å². The molecule has 0 saturated heterocycles. The molecule has 2 aromatic heterocycles. The number of aromatic nitrogens is 4. The van der Waals surface area contributed by atoms with Crippen LogP contribution in [-0.4, -0.2) is 19.7 Å². The highest BCUT2D eigenvalue weighted by molar-refractivity contribution is 5.50. The van der Waals surface area contributed by atoms with Gasteiger partial charge in [0.2, 0.25) is 0 Å². The summed E-state index contributed by atoms with van der Waals surface area (Å²) in [5.74, 6) is 1.16. The summed E-state index contributed by atoms with van der Waals surface area (Å²) in [6.45, 7) is 3.21. The van der Waals surface area contributed by atoms with Crippen LogP contribution in [0.1, 0.15) is 30.1 Å². The van der Waals surface area contributed by atoms with Crippen molar-refractivity contribution in [1.82, 2.24) is 19.7 Å². The van der Waals surface area contributed by atoms with E-state index in [-0.39, 0.29) is 6.10 Å². The molecule has 22 heavy (non-hydrogen) atoms. The van der Waals surface area contributed by atoms with Crippen LogP contribution < -0.4 is 0 Å². The van der Waals surface area contributed by atoms with Gasteiger partial charge in [-0.3, -0.25) is 0 Å². The van der Waals surface area contributed by atoms with E-state index in [4.69, 9.17) is 9.26 Å². The minimum Gasteiger partial charge on any atom is -0.365 e. The fourth-order valence-electron chi connectivity index (χ4n) is 2.67. The molecule has 0 amide bonds. The molecule has 1 atom stereocenters. The Hall–Kier alpha value is -2.47. The minimum absolute atomic E-state index is 0.0460. The normalized spacial score (nSPS) is 17.4. The fraction of sp³-hybridized carbons (Fsp3) is 0.312. The highest BCUT2D eigenvalue weighted by Gasteiger charge is 2.26. The second kappa shape index (κ2) is 5.38. The highest BCUT2D eigenvalue weighted by atomic mass is 16.5. The van der Waals surface area contributed by atoms with Crippen LogP contribution in [0.5, 0.6) is 0 Å². The van der Waals surface area contributed by atoms with Crippen molar-refractivity contribution >= 4 is 0 Å². The summed E-state index contributed by atoms with van der Waals surface area (Å²) in [7, 11) is 0. The number of rotatable bonds is 3. The zero-order valence-electron chi connectivity index (χ0n) is 12.3. The molecule has 0 radical (unpaired) electrons. The van der Waals surface area contributed by atoms with Gasteiger partial charge in [0, 0.05) is 6.42 Å². The molecule has 6 nitrogen and oxygen atoms in total. The summed E-state index contributed by atoms with van der Waals surface area (Å²) in [5.41, 5.74) is 2.88. The summed E-state index contributed by atoms with van der Waals surface area (Å²) in [4.78, 5) is 8.78. The van der Waals surface area contributed by atoms with Crippen LogP contribution in [0.2, 0.25) is 0 Å². The molecule has 0 saturated carbocycles. The molecule has 1 aliphatic heterocycles. The summed E-state index contributed by atoms with van der Waals surface area (Å²) in [6.07, 6.45) is 2.61. The lowest BCUT2D eigenvalue weighted by Gasteiger charge is -2.25. The Kier molecular flexibility index (Phi) is 3.23. The van der Waals surface area contributed by atoms with E-state index in [0.717, 1.165) is 24.4 Å². The van der Waals surface area contributed by atoms with Crippen LogP contribution in [0.25, 0.3) is 11.6 Å². The van der Waals surface area contributed by atoms with Crippen molar-refractivity contribution in [3.63, 3.8) is 0 Å². The van der Waals surface area contributed by atoms with Crippen molar-refractivity contribution in [3.05, 3.63) is 53.7 Å². The number of hydrogen-bond acceptors (Lipinski definition) is 5. The van der Waals surface area contributed by atoms with Gasteiger partial charge in [-0.15, -0.1) is 0 Å². The molecule has 6 heteroatoms. The first-order valence-corrected chi connectivity index (χ1v) is 7.38. The average molecular weight is 296 g/mol. The average Bonchev–Trinajstić information content (AvgIpc) is 3.21. The van der Waals surface area contributed by atoms with Crippen LogP contribution in [-0.2, 0) is 24.3 Å². The molecular formula is C16H16N4O2. The number of aryl methyl sites for hydroxylation is 1. The number of ether oxygens (including phenoxy) is 1. The van der Waals surface area contributed by atoms with Crippen LogP contribution >= 0.6 is 0 Å².